The van der Waals surface area contributed by atoms with E-state index in [2.05, 4.69) is 34.4 Å². The zero-order chi connectivity index (χ0) is 19.8. The van der Waals surface area contributed by atoms with Gasteiger partial charge in [-0.3, -0.25) is 4.79 Å². The Morgan fingerprint density at radius 1 is 0.964 bits per heavy atom. The van der Waals surface area contributed by atoms with Crippen LogP contribution in [-0.2, 0) is 6.54 Å². The minimum Gasteiger partial charge on any atom is -0.370 e. The van der Waals surface area contributed by atoms with E-state index in [1.54, 1.807) is 6.07 Å². The molecule has 5 heteroatoms. The molecule has 1 heterocycles. The van der Waals surface area contributed by atoms with E-state index in [-0.39, 0.29) is 5.91 Å². The first kappa shape index (κ1) is 19.5. The van der Waals surface area contributed by atoms with E-state index in [4.69, 9.17) is 0 Å². The molecule has 0 atom stereocenters. The number of hydrogen-bond acceptors (Lipinski definition) is 4. The fourth-order valence-corrected chi connectivity index (χ4v) is 2.73. The molecule has 0 aliphatic heterocycles. The Morgan fingerprint density at radius 3 is 2.32 bits per heavy atom. The summed E-state index contributed by atoms with van der Waals surface area (Å²) in [5.74, 6) is 1.59. The number of carbonyl (C=O) groups is 1. The van der Waals surface area contributed by atoms with Crippen LogP contribution in [0.3, 0.4) is 0 Å². The van der Waals surface area contributed by atoms with Gasteiger partial charge in [-0.15, -0.1) is 0 Å². The first-order valence-corrected chi connectivity index (χ1v) is 9.62. The summed E-state index contributed by atoms with van der Waals surface area (Å²) >= 11 is 0. The maximum absolute atomic E-state index is 12.7. The van der Waals surface area contributed by atoms with Gasteiger partial charge in [-0.1, -0.05) is 74.5 Å². The first-order valence-electron chi connectivity index (χ1n) is 9.62. The molecular formula is C23H26N4O. The average molecular weight is 374 g/mol. The molecule has 1 aromatic heterocycles. The third-order valence-electron chi connectivity index (χ3n) is 4.31. The van der Waals surface area contributed by atoms with Crippen molar-refractivity contribution in [2.24, 2.45) is 5.92 Å². The predicted molar refractivity (Wildman–Crippen MR) is 113 cm³/mol. The van der Waals surface area contributed by atoms with E-state index in [0.717, 1.165) is 24.1 Å². The number of benzene rings is 2. The summed E-state index contributed by atoms with van der Waals surface area (Å²) in [5.41, 5.74) is 2.28. The molecule has 0 saturated carbocycles. The Labute approximate surface area is 166 Å². The molecule has 0 saturated heterocycles. The van der Waals surface area contributed by atoms with Crippen LogP contribution in [0.25, 0.3) is 11.4 Å². The zero-order valence-electron chi connectivity index (χ0n) is 16.4. The maximum Gasteiger partial charge on any atom is 0.270 e. The smallest absolute Gasteiger partial charge is 0.270 e. The van der Waals surface area contributed by atoms with Crippen molar-refractivity contribution in [2.45, 2.75) is 26.8 Å². The average Bonchev–Trinajstić information content (AvgIpc) is 2.73. The monoisotopic (exact) mass is 374 g/mol. The van der Waals surface area contributed by atoms with E-state index >= 15 is 0 Å². The molecular weight excluding hydrogens is 348 g/mol. The Balaban J connectivity index is 1.80. The van der Waals surface area contributed by atoms with E-state index < -0.39 is 0 Å². The molecule has 1 amide bonds. The maximum atomic E-state index is 12.7. The van der Waals surface area contributed by atoms with E-state index in [1.165, 1.54) is 0 Å². The summed E-state index contributed by atoms with van der Waals surface area (Å²) < 4.78 is 0. The van der Waals surface area contributed by atoms with Gasteiger partial charge < -0.3 is 10.6 Å². The summed E-state index contributed by atoms with van der Waals surface area (Å²) in [4.78, 5) is 21.8. The summed E-state index contributed by atoms with van der Waals surface area (Å²) in [6.07, 6.45) is 1.03. The molecule has 3 aromatic rings. The lowest BCUT2D eigenvalue weighted by Crippen LogP contribution is -2.24. The lowest BCUT2D eigenvalue weighted by Gasteiger charge is -2.11. The molecule has 144 valence electrons. The molecule has 28 heavy (non-hydrogen) atoms. The fraction of sp³-hybridized carbons (Fsp3) is 0.261. The van der Waals surface area contributed by atoms with Crippen LogP contribution >= 0.6 is 0 Å². The van der Waals surface area contributed by atoms with Gasteiger partial charge in [0, 0.05) is 24.7 Å². The van der Waals surface area contributed by atoms with Gasteiger partial charge in [0.1, 0.15) is 11.5 Å². The van der Waals surface area contributed by atoms with Crippen LogP contribution in [-0.4, -0.2) is 22.4 Å². The SMILES string of the molecule is CC(C)CCNc1cc(C(=O)NCc2ccccc2)nc(-c2ccccc2)n1. The number of amides is 1. The Hall–Kier alpha value is -3.21. The highest BCUT2D eigenvalue weighted by Gasteiger charge is 2.13. The van der Waals surface area contributed by atoms with Gasteiger partial charge in [0.15, 0.2) is 5.82 Å². The number of rotatable bonds is 8. The van der Waals surface area contributed by atoms with Crippen molar-refractivity contribution < 1.29 is 4.79 Å². The number of nitrogens with zero attached hydrogens (tertiary/aromatic N) is 2. The minimum absolute atomic E-state index is 0.213. The second-order valence-corrected chi connectivity index (χ2v) is 7.11. The minimum atomic E-state index is -0.213. The Morgan fingerprint density at radius 2 is 1.64 bits per heavy atom. The van der Waals surface area contributed by atoms with Crippen molar-refractivity contribution in [3.05, 3.63) is 78.0 Å². The molecule has 0 aliphatic rings. The highest BCUT2D eigenvalue weighted by Crippen LogP contribution is 2.18. The van der Waals surface area contributed by atoms with Crippen LogP contribution in [0.15, 0.2) is 66.7 Å². The van der Waals surface area contributed by atoms with Crippen LogP contribution in [0.4, 0.5) is 5.82 Å². The standard InChI is InChI=1S/C23H26N4O/c1-17(2)13-14-24-21-15-20(23(28)25-16-18-9-5-3-6-10-18)26-22(27-21)19-11-7-4-8-12-19/h3-12,15,17H,13-14,16H2,1-2H3,(H,25,28)(H,24,26,27). The third kappa shape index (κ3) is 5.64. The van der Waals surface area contributed by atoms with E-state index in [9.17, 15) is 4.79 Å². The molecule has 0 unspecified atom stereocenters. The van der Waals surface area contributed by atoms with Crippen molar-refractivity contribution in [1.29, 1.82) is 0 Å². The molecule has 0 fully saturated rings. The van der Waals surface area contributed by atoms with Crippen molar-refractivity contribution in [1.82, 2.24) is 15.3 Å². The Kier molecular flexibility index (Phi) is 6.73. The lowest BCUT2D eigenvalue weighted by atomic mass is 10.1. The van der Waals surface area contributed by atoms with Crippen molar-refractivity contribution in [3.8, 4) is 11.4 Å². The van der Waals surface area contributed by atoms with Crippen LogP contribution in [0.5, 0.6) is 0 Å². The molecule has 0 bridgehead atoms. The van der Waals surface area contributed by atoms with Gasteiger partial charge in [0.25, 0.3) is 5.91 Å². The van der Waals surface area contributed by atoms with Crippen molar-refractivity contribution >= 4 is 11.7 Å². The van der Waals surface area contributed by atoms with Gasteiger partial charge >= 0.3 is 0 Å². The van der Waals surface area contributed by atoms with E-state index in [0.29, 0.717) is 29.8 Å². The second kappa shape index (κ2) is 9.65. The van der Waals surface area contributed by atoms with Gasteiger partial charge in [0.2, 0.25) is 0 Å². The molecule has 0 aliphatic carbocycles. The molecule has 3 rings (SSSR count). The van der Waals surface area contributed by atoms with Gasteiger partial charge in [-0.25, -0.2) is 9.97 Å². The van der Waals surface area contributed by atoms with Crippen LogP contribution in [0, 0.1) is 5.92 Å². The fourth-order valence-electron chi connectivity index (χ4n) is 2.73. The topological polar surface area (TPSA) is 66.9 Å². The largest absolute Gasteiger partial charge is 0.370 e. The van der Waals surface area contributed by atoms with Gasteiger partial charge in [0.05, 0.1) is 0 Å². The quantitative estimate of drug-likeness (QED) is 0.608. The number of carbonyl (C=O) groups excluding carboxylic acids is 1. The number of anilines is 1. The van der Waals surface area contributed by atoms with Crippen LogP contribution in [0.2, 0.25) is 0 Å². The van der Waals surface area contributed by atoms with Crippen LogP contribution in [0.1, 0.15) is 36.3 Å². The summed E-state index contributed by atoms with van der Waals surface area (Å²) in [7, 11) is 0. The Bertz CT molecular complexity index is 895. The molecule has 5 nitrogen and oxygen atoms in total. The summed E-state index contributed by atoms with van der Waals surface area (Å²) in [5, 5.41) is 6.26. The molecule has 2 N–H and O–H groups in total. The molecule has 2 aromatic carbocycles. The highest BCUT2D eigenvalue weighted by atomic mass is 16.1. The number of nitrogens with one attached hydrogen (secondary N) is 2. The van der Waals surface area contributed by atoms with Crippen molar-refractivity contribution in [2.75, 3.05) is 11.9 Å². The van der Waals surface area contributed by atoms with Gasteiger partial charge in [-0.05, 0) is 17.9 Å². The van der Waals surface area contributed by atoms with Gasteiger partial charge in [-0.2, -0.15) is 0 Å². The van der Waals surface area contributed by atoms with Crippen molar-refractivity contribution in [3.63, 3.8) is 0 Å². The number of aromatic nitrogens is 2. The second-order valence-electron chi connectivity index (χ2n) is 7.11. The lowest BCUT2D eigenvalue weighted by molar-refractivity contribution is 0.0946. The normalized spacial score (nSPS) is 10.7. The predicted octanol–water partition coefficient (Wildman–Crippen LogP) is 4.53. The molecule has 0 spiro atoms. The molecule has 0 radical (unpaired) electrons. The van der Waals surface area contributed by atoms with Crippen LogP contribution < -0.4 is 10.6 Å². The summed E-state index contributed by atoms with van der Waals surface area (Å²) in [6.45, 7) is 5.62. The number of hydrogen-bond donors (Lipinski definition) is 2. The highest BCUT2D eigenvalue weighted by molar-refractivity contribution is 5.93. The van der Waals surface area contributed by atoms with E-state index in [1.807, 2.05) is 60.7 Å². The zero-order valence-corrected chi connectivity index (χ0v) is 16.4. The first-order chi connectivity index (χ1) is 13.6. The third-order valence-corrected chi connectivity index (χ3v) is 4.31. The summed E-state index contributed by atoms with van der Waals surface area (Å²) in [6, 6.07) is 21.2.